The number of nitrogens with zero attached hydrogens (tertiary/aromatic N) is 4. The average molecular weight is 352 g/mol. The highest BCUT2D eigenvalue weighted by atomic mass is 16.6. The van der Waals surface area contributed by atoms with Gasteiger partial charge >= 0.3 is 0 Å². The van der Waals surface area contributed by atoms with Crippen molar-refractivity contribution in [3.8, 4) is 11.5 Å². The van der Waals surface area contributed by atoms with E-state index in [1.54, 1.807) is 22.7 Å². The van der Waals surface area contributed by atoms with Gasteiger partial charge in [0.1, 0.15) is 18.9 Å². The number of H-pyrrole nitrogens is 1. The Labute approximate surface area is 145 Å². The van der Waals surface area contributed by atoms with Crippen molar-refractivity contribution in [3.63, 3.8) is 0 Å². The smallest absolute Gasteiger partial charge is 0.292 e. The summed E-state index contributed by atoms with van der Waals surface area (Å²) in [6.07, 6.45) is 0. The van der Waals surface area contributed by atoms with Crippen molar-refractivity contribution in [1.82, 2.24) is 19.6 Å². The van der Waals surface area contributed by atoms with E-state index in [1.165, 1.54) is 6.07 Å². The highest BCUT2D eigenvalue weighted by Gasteiger charge is 2.18. The predicted octanol–water partition coefficient (Wildman–Crippen LogP) is 2.63. The lowest BCUT2D eigenvalue weighted by Crippen LogP contribution is -2.15. The van der Waals surface area contributed by atoms with E-state index in [1.807, 2.05) is 12.1 Å². The minimum Gasteiger partial charge on any atom is -0.486 e. The van der Waals surface area contributed by atoms with E-state index >= 15 is 0 Å². The van der Waals surface area contributed by atoms with Crippen molar-refractivity contribution in [2.45, 2.75) is 0 Å². The Kier molecular flexibility index (Phi) is 2.98. The number of aromatic nitrogens is 4. The molecule has 0 amide bonds. The molecule has 0 saturated carbocycles. The summed E-state index contributed by atoms with van der Waals surface area (Å²) in [4.78, 5) is 19.5. The number of rotatable bonds is 3. The van der Waals surface area contributed by atoms with Gasteiger partial charge < -0.3 is 14.8 Å². The van der Waals surface area contributed by atoms with Crippen molar-refractivity contribution in [3.05, 3.63) is 46.5 Å². The van der Waals surface area contributed by atoms with E-state index in [-0.39, 0.29) is 5.69 Å². The lowest BCUT2D eigenvalue weighted by Gasteiger charge is -2.17. The summed E-state index contributed by atoms with van der Waals surface area (Å²) >= 11 is 0. The van der Waals surface area contributed by atoms with E-state index < -0.39 is 4.92 Å². The Morgan fingerprint density at radius 2 is 1.92 bits per heavy atom. The molecule has 4 aromatic rings. The third-order valence-corrected chi connectivity index (χ3v) is 4.08. The molecule has 0 unspecified atom stereocenters. The molecule has 1 aliphatic rings. The van der Waals surface area contributed by atoms with Gasteiger partial charge in [0.2, 0.25) is 5.95 Å². The van der Waals surface area contributed by atoms with E-state index in [0.29, 0.717) is 47.6 Å². The third-order valence-electron chi connectivity index (χ3n) is 4.08. The summed E-state index contributed by atoms with van der Waals surface area (Å²) in [5.74, 6) is 2.08. The average Bonchev–Trinajstić information content (AvgIpc) is 3.17. The van der Waals surface area contributed by atoms with Gasteiger partial charge in [0.25, 0.3) is 11.5 Å². The van der Waals surface area contributed by atoms with Crippen molar-refractivity contribution in [1.29, 1.82) is 0 Å². The molecule has 10 nitrogen and oxygen atoms in total. The largest absolute Gasteiger partial charge is 0.486 e. The molecule has 0 radical (unpaired) electrons. The summed E-state index contributed by atoms with van der Waals surface area (Å²) in [5.41, 5.74) is 1.79. The van der Waals surface area contributed by atoms with Crippen molar-refractivity contribution < 1.29 is 14.4 Å². The first-order valence-corrected chi connectivity index (χ1v) is 7.87. The fourth-order valence-electron chi connectivity index (χ4n) is 2.94. The molecular weight excluding hydrogens is 340 g/mol. The summed E-state index contributed by atoms with van der Waals surface area (Å²) in [6, 6.07) is 10.00. The van der Waals surface area contributed by atoms with Gasteiger partial charge in [-0.3, -0.25) is 15.2 Å². The minimum absolute atomic E-state index is 0.0361. The van der Waals surface area contributed by atoms with Gasteiger partial charge in [0.15, 0.2) is 11.5 Å². The molecule has 1 aliphatic heterocycles. The SMILES string of the molecule is O=[N+]([O-])c1ccccc1Nc1nc2nc3cc4c(cc3n2[nH]1)OCCO4. The molecular formula is C16H12N6O4. The summed E-state index contributed by atoms with van der Waals surface area (Å²) in [5, 5.41) is 17.1. The molecule has 26 heavy (non-hydrogen) atoms. The van der Waals surface area contributed by atoms with Gasteiger partial charge in [-0.05, 0) is 6.07 Å². The number of nitro benzene ring substituents is 1. The first-order valence-electron chi connectivity index (χ1n) is 7.87. The second kappa shape index (κ2) is 5.34. The Morgan fingerprint density at radius 3 is 2.73 bits per heavy atom. The maximum absolute atomic E-state index is 11.1. The predicted molar refractivity (Wildman–Crippen MR) is 92.2 cm³/mol. The van der Waals surface area contributed by atoms with Crippen LogP contribution in [-0.2, 0) is 0 Å². The van der Waals surface area contributed by atoms with Gasteiger partial charge in [-0.15, -0.1) is 0 Å². The Morgan fingerprint density at radius 1 is 1.15 bits per heavy atom. The number of benzene rings is 2. The van der Waals surface area contributed by atoms with Gasteiger partial charge in [-0.1, -0.05) is 12.1 Å². The fourth-order valence-corrected chi connectivity index (χ4v) is 2.94. The number of imidazole rings is 1. The number of hydrogen-bond acceptors (Lipinski definition) is 7. The molecule has 10 heteroatoms. The first-order chi connectivity index (χ1) is 12.7. The molecule has 0 aliphatic carbocycles. The number of fused-ring (bicyclic) bond motifs is 4. The van der Waals surface area contributed by atoms with Gasteiger partial charge in [0.05, 0.1) is 16.0 Å². The van der Waals surface area contributed by atoms with Crippen LogP contribution in [0.15, 0.2) is 36.4 Å². The molecule has 0 fully saturated rings. The zero-order valence-electron chi connectivity index (χ0n) is 13.3. The lowest BCUT2D eigenvalue weighted by molar-refractivity contribution is -0.383. The number of nitro groups is 1. The molecule has 0 atom stereocenters. The van der Waals surface area contributed by atoms with Crippen LogP contribution in [0.2, 0.25) is 0 Å². The highest BCUT2D eigenvalue weighted by molar-refractivity contribution is 5.83. The van der Waals surface area contributed by atoms with Crippen LogP contribution in [0.4, 0.5) is 17.3 Å². The first kappa shape index (κ1) is 14.5. The van der Waals surface area contributed by atoms with Crippen LogP contribution >= 0.6 is 0 Å². The monoisotopic (exact) mass is 352 g/mol. The number of para-hydroxylation sites is 2. The van der Waals surface area contributed by atoms with Crippen LogP contribution in [0.5, 0.6) is 11.5 Å². The van der Waals surface area contributed by atoms with Crippen LogP contribution in [0.1, 0.15) is 0 Å². The van der Waals surface area contributed by atoms with Crippen LogP contribution in [0.3, 0.4) is 0 Å². The standard InChI is InChI=1S/C16H12N6O4/c23-22(24)11-4-2-1-3-9(11)17-15-19-16-18-10-7-13-14(26-6-5-25-13)8-12(10)21(16)20-15/h1-4,7-8H,5-6H2,(H2,17,18,19,20). The molecule has 2 N–H and O–H groups in total. The second-order valence-corrected chi connectivity index (χ2v) is 5.70. The molecule has 0 bridgehead atoms. The zero-order chi connectivity index (χ0) is 17.7. The van der Waals surface area contributed by atoms with Crippen molar-refractivity contribution in [2.75, 3.05) is 18.5 Å². The molecule has 3 heterocycles. The number of ether oxygens (including phenoxy) is 2. The molecule has 0 saturated heterocycles. The molecule has 5 rings (SSSR count). The molecule has 2 aromatic carbocycles. The quantitative estimate of drug-likeness (QED) is 0.429. The zero-order valence-corrected chi connectivity index (χ0v) is 13.3. The van der Waals surface area contributed by atoms with Crippen molar-refractivity contribution >= 4 is 34.1 Å². The second-order valence-electron chi connectivity index (χ2n) is 5.70. The molecule has 130 valence electrons. The van der Waals surface area contributed by atoms with Crippen LogP contribution < -0.4 is 14.8 Å². The number of nitrogens with one attached hydrogen (secondary N) is 2. The van der Waals surface area contributed by atoms with E-state index in [9.17, 15) is 10.1 Å². The number of hydrogen-bond donors (Lipinski definition) is 2. The van der Waals surface area contributed by atoms with E-state index in [0.717, 1.165) is 5.52 Å². The van der Waals surface area contributed by atoms with Crippen LogP contribution in [0.25, 0.3) is 16.8 Å². The van der Waals surface area contributed by atoms with Crippen LogP contribution in [0, 0.1) is 10.1 Å². The summed E-state index contributed by atoms with van der Waals surface area (Å²) in [7, 11) is 0. The van der Waals surface area contributed by atoms with Crippen LogP contribution in [-0.4, -0.2) is 37.7 Å². The summed E-state index contributed by atoms with van der Waals surface area (Å²) < 4.78 is 12.8. The van der Waals surface area contributed by atoms with E-state index in [2.05, 4.69) is 20.4 Å². The number of anilines is 2. The summed E-state index contributed by atoms with van der Waals surface area (Å²) in [6.45, 7) is 1.00. The highest BCUT2D eigenvalue weighted by Crippen LogP contribution is 2.34. The Bertz CT molecular complexity index is 1160. The van der Waals surface area contributed by atoms with Gasteiger partial charge in [0, 0.05) is 18.2 Å². The lowest BCUT2D eigenvalue weighted by atomic mass is 10.2. The topological polar surface area (TPSA) is 120 Å². The Balaban J connectivity index is 1.57. The molecule has 2 aromatic heterocycles. The maximum Gasteiger partial charge on any atom is 0.292 e. The van der Waals surface area contributed by atoms with Gasteiger partial charge in [-0.2, -0.15) is 4.98 Å². The minimum atomic E-state index is -0.449. The van der Waals surface area contributed by atoms with E-state index in [4.69, 9.17) is 9.47 Å². The van der Waals surface area contributed by atoms with Crippen molar-refractivity contribution in [2.24, 2.45) is 0 Å². The van der Waals surface area contributed by atoms with Gasteiger partial charge in [-0.25, -0.2) is 9.50 Å². The Hall–Kier alpha value is -3.82. The third kappa shape index (κ3) is 2.19. The molecule has 0 spiro atoms. The number of aromatic amines is 1. The normalized spacial score (nSPS) is 13.2. The maximum atomic E-state index is 11.1. The fraction of sp³-hybridized carbons (Fsp3) is 0.125.